The Morgan fingerprint density at radius 2 is 2.14 bits per heavy atom. The van der Waals surface area contributed by atoms with Crippen molar-refractivity contribution >= 4 is 17.3 Å². The molecule has 4 N–H and O–H groups in total. The van der Waals surface area contributed by atoms with Gasteiger partial charge in [-0.1, -0.05) is 0 Å². The van der Waals surface area contributed by atoms with E-state index >= 15 is 0 Å². The lowest BCUT2D eigenvalue weighted by Crippen LogP contribution is -2.43. The summed E-state index contributed by atoms with van der Waals surface area (Å²) >= 11 is 0. The van der Waals surface area contributed by atoms with Gasteiger partial charge in [-0.15, -0.1) is 0 Å². The molecular formula is C13H18N4O4. The van der Waals surface area contributed by atoms with Crippen LogP contribution in [0.4, 0.5) is 11.4 Å². The van der Waals surface area contributed by atoms with Crippen LogP contribution in [-0.4, -0.2) is 46.5 Å². The molecule has 8 nitrogen and oxygen atoms in total. The van der Waals surface area contributed by atoms with E-state index in [9.17, 15) is 20.0 Å². The van der Waals surface area contributed by atoms with Crippen LogP contribution < -0.4 is 11.1 Å². The molecule has 2 rings (SSSR count). The fourth-order valence-corrected chi connectivity index (χ4v) is 2.24. The van der Waals surface area contributed by atoms with Gasteiger partial charge in [0.15, 0.2) is 0 Å². The van der Waals surface area contributed by atoms with Crippen LogP contribution in [0.15, 0.2) is 18.2 Å². The molecule has 21 heavy (non-hydrogen) atoms. The number of amides is 1. The van der Waals surface area contributed by atoms with Crippen LogP contribution in [-0.2, 0) is 4.79 Å². The van der Waals surface area contributed by atoms with Gasteiger partial charge in [-0.3, -0.25) is 19.8 Å². The van der Waals surface area contributed by atoms with Gasteiger partial charge in [0.05, 0.1) is 23.2 Å². The second-order valence-electron chi connectivity index (χ2n) is 5.12. The van der Waals surface area contributed by atoms with E-state index in [0.29, 0.717) is 0 Å². The van der Waals surface area contributed by atoms with Crippen LogP contribution in [0.5, 0.6) is 5.75 Å². The summed E-state index contributed by atoms with van der Waals surface area (Å²) in [6.07, 6.45) is 1.71. The first-order valence-electron chi connectivity index (χ1n) is 6.71. The summed E-state index contributed by atoms with van der Waals surface area (Å²) in [5, 5.41) is 22.8. The molecule has 1 heterocycles. The molecule has 1 saturated heterocycles. The first-order chi connectivity index (χ1) is 9.95. The number of nitrogens with one attached hydrogen (secondary N) is 1. The quantitative estimate of drug-likeness (QED) is 0.426. The third kappa shape index (κ3) is 4.14. The number of benzene rings is 1. The molecule has 1 aliphatic rings. The summed E-state index contributed by atoms with van der Waals surface area (Å²) in [6.45, 7) is 1.74. The number of nitrogens with zero attached hydrogens (tertiary/aromatic N) is 2. The minimum atomic E-state index is -0.609. The molecule has 1 amide bonds. The number of carbonyl (C=O) groups excluding carboxylic acids is 1. The SMILES string of the molecule is NC1CCN(CC(=O)Nc2ccc([N+](=O)[O-])cc2O)CC1. The van der Waals surface area contributed by atoms with Crippen molar-refractivity contribution in [3.8, 4) is 5.75 Å². The topological polar surface area (TPSA) is 122 Å². The second kappa shape index (κ2) is 6.51. The van der Waals surface area contributed by atoms with E-state index in [1.165, 1.54) is 12.1 Å². The lowest BCUT2D eigenvalue weighted by Gasteiger charge is -2.29. The first kappa shape index (κ1) is 15.2. The van der Waals surface area contributed by atoms with Crippen LogP contribution in [0.2, 0.25) is 0 Å². The molecule has 0 saturated carbocycles. The number of anilines is 1. The maximum absolute atomic E-state index is 11.9. The zero-order valence-corrected chi connectivity index (χ0v) is 11.5. The van der Waals surface area contributed by atoms with E-state index < -0.39 is 4.92 Å². The normalized spacial score (nSPS) is 16.6. The van der Waals surface area contributed by atoms with Crippen molar-refractivity contribution < 1.29 is 14.8 Å². The predicted octanol–water partition coefficient (Wildman–Crippen LogP) is 0.662. The fraction of sp³-hybridized carbons (Fsp3) is 0.462. The molecule has 0 unspecified atom stereocenters. The smallest absolute Gasteiger partial charge is 0.273 e. The Bertz CT molecular complexity index is 541. The lowest BCUT2D eigenvalue weighted by molar-refractivity contribution is -0.384. The summed E-state index contributed by atoms with van der Waals surface area (Å²) in [5.74, 6) is -0.590. The molecule has 8 heteroatoms. The Kier molecular flexibility index (Phi) is 4.71. The molecule has 1 aliphatic heterocycles. The van der Waals surface area contributed by atoms with Gasteiger partial charge >= 0.3 is 0 Å². The average molecular weight is 294 g/mol. The number of nitrogens with two attached hydrogens (primary N) is 1. The number of non-ortho nitro benzene ring substituents is 1. The Morgan fingerprint density at radius 1 is 1.48 bits per heavy atom. The maximum Gasteiger partial charge on any atom is 0.273 e. The van der Waals surface area contributed by atoms with E-state index in [0.717, 1.165) is 32.0 Å². The first-order valence-corrected chi connectivity index (χ1v) is 6.71. The van der Waals surface area contributed by atoms with Crippen molar-refractivity contribution in [3.63, 3.8) is 0 Å². The van der Waals surface area contributed by atoms with Gasteiger partial charge in [-0.05, 0) is 18.9 Å². The van der Waals surface area contributed by atoms with Crippen molar-refractivity contribution in [3.05, 3.63) is 28.3 Å². The van der Waals surface area contributed by atoms with Crippen molar-refractivity contribution in [2.45, 2.75) is 18.9 Å². The summed E-state index contributed by atoms with van der Waals surface area (Å²) in [5.41, 5.74) is 5.73. The minimum absolute atomic E-state index is 0.166. The molecule has 0 atom stereocenters. The number of phenols is 1. The standard InChI is InChI=1S/C13H18N4O4/c14-9-3-5-16(6-4-9)8-13(19)15-11-2-1-10(17(20)21)7-12(11)18/h1-2,7,9,18H,3-6,8,14H2,(H,15,19). The largest absolute Gasteiger partial charge is 0.506 e. The monoisotopic (exact) mass is 294 g/mol. The number of phenolic OH excluding ortho intramolecular Hbond substituents is 1. The number of hydrogen-bond donors (Lipinski definition) is 3. The number of rotatable bonds is 4. The van der Waals surface area contributed by atoms with Gasteiger partial charge in [-0.2, -0.15) is 0 Å². The molecule has 0 aliphatic carbocycles. The fourth-order valence-electron chi connectivity index (χ4n) is 2.24. The van der Waals surface area contributed by atoms with Gasteiger partial charge in [0.25, 0.3) is 5.69 Å². The number of hydrogen-bond acceptors (Lipinski definition) is 6. The Hall–Kier alpha value is -2.19. The van der Waals surface area contributed by atoms with Gasteiger partial charge < -0.3 is 16.2 Å². The van der Waals surface area contributed by atoms with Crippen molar-refractivity contribution in [1.82, 2.24) is 4.90 Å². The van der Waals surface area contributed by atoms with E-state index in [4.69, 9.17) is 5.73 Å². The number of likely N-dealkylation sites (tertiary alicyclic amines) is 1. The second-order valence-corrected chi connectivity index (χ2v) is 5.12. The molecule has 0 spiro atoms. The van der Waals surface area contributed by atoms with Gasteiger partial charge in [-0.25, -0.2) is 0 Å². The van der Waals surface area contributed by atoms with Gasteiger partial charge in [0.1, 0.15) is 5.75 Å². The molecule has 1 aromatic carbocycles. The molecule has 0 aromatic heterocycles. The summed E-state index contributed by atoms with van der Waals surface area (Å²) in [4.78, 5) is 23.8. The van der Waals surface area contributed by atoms with Crippen molar-refractivity contribution in [1.29, 1.82) is 0 Å². The number of carbonyl (C=O) groups is 1. The van der Waals surface area contributed by atoms with Crippen LogP contribution >= 0.6 is 0 Å². The minimum Gasteiger partial charge on any atom is -0.506 e. The van der Waals surface area contributed by atoms with E-state index in [1.54, 1.807) is 0 Å². The molecule has 1 aromatic rings. The molecule has 1 fully saturated rings. The zero-order chi connectivity index (χ0) is 15.4. The molecule has 114 valence electrons. The number of aromatic hydroxyl groups is 1. The maximum atomic E-state index is 11.9. The molecular weight excluding hydrogens is 276 g/mol. The van der Waals surface area contributed by atoms with Crippen LogP contribution in [0, 0.1) is 10.1 Å². The number of piperidine rings is 1. The Morgan fingerprint density at radius 3 is 2.71 bits per heavy atom. The Labute approximate surface area is 121 Å². The third-order valence-corrected chi connectivity index (χ3v) is 3.47. The Balaban J connectivity index is 1.92. The number of nitro benzene ring substituents is 1. The van der Waals surface area contributed by atoms with E-state index in [2.05, 4.69) is 5.32 Å². The summed E-state index contributed by atoms with van der Waals surface area (Å²) < 4.78 is 0. The highest BCUT2D eigenvalue weighted by Crippen LogP contribution is 2.27. The van der Waals surface area contributed by atoms with E-state index in [-0.39, 0.29) is 35.6 Å². The lowest BCUT2D eigenvalue weighted by atomic mass is 10.1. The van der Waals surface area contributed by atoms with Crippen molar-refractivity contribution in [2.24, 2.45) is 5.73 Å². The zero-order valence-electron chi connectivity index (χ0n) is 11.5. The average Bonchev–Trinajstić information content (AvgIpc) is 2.43. The van der Waals surface area contributed by atoms with Crippen molar-refractivity contribution in [2.75, 3.05) is 25.0 Å². The number of nitro groups is 1. The highest BCUT2D eigenvalue weighted by atomic mass is 16.6. The van der Waals surface area contributed by atoms with Gasteiger partial charge in [0.2, 0.25) is 5.91 Å². The summed E-state index contributed by atoms with van der Waals surface area (Å²) in [6, 6.07) is 3.76. The highest BCUT2D eigenvalue weighted by molar-refractivity contribution is 5.93. The molecule has 0 radical (unpaired) electrons. The predicted molar refractivity (Wildman–Crippen MR) is 77.0 cm³/mol. The summed E-state index contributed by atoms with van der Waals surface area (Å²) in [7, 11) is 0. The highest BCUT2D eigenvalue weighted by Gasteiger charge is 2.19. The van der Waals surface area contributed by atoms with Crippen LogP contribution in [0.3, 0.4) is 0 Å². The van der Waals surface area contributed by atoms with E-state index in [1.807, 2.05) is 4.90 Å². The van der Waals surface area contributed by atoms with Crippen LogP contribution in [0.1, 0.15) is 12.8 Å². The van der Waals surface area contributed by atoms with Gasteiger partial charge in [0, 0.05) is 25.2 Å². The molecule has 0 bridgehead atoms. The third-order valence-electron chi connectivity index (χ3n) is 3.47. The van der Waals surface area contributed by atoms with Crippen LogP contribution in [0.25, 0.3) is 0 Å².